The molecule has 0 aliphatic heterocycles. The lowest BCUT2D eigenvalue weighted by Gasteiger charge is -2.09. The van der Waals surface area contributed by atoms with E-state index in [0.29, 0.717) is 17.8 Å². The predicted octanol–water partition coefficient (Wildman–Crippen LogP) is 3.19. The fourth-order valence-electron chi connectivity index (χ4n) is 2.25. The molecule has 112 valence electrons. The summed E-state index contributed by atoms with van der Waals surface area (Å²) in [5.74, 6) is -0.237. The molecule has 1 aromatic heterocycles. The van der Waals surface area contributed by atoms with Crippen LogP contribution in [0.2, 0.25) is 0 Å². The number of hydrogen-bond acceptors (Lipinski definition) is 3. The van der Waals surface area contributed by atoms with Crippen LogP contribution in [0.5, 0.6) is 0 Å². The van der Waals surface area contributed by atoms with E-state index >= 15 is 0 Å². The number of nitrogens with one attached hydrogen (secondary N) is 1. The van der Waals surface area contributed by atoms with E-state index in [4.69, 9.17) is 5.26 Å². The molecule has 3 aromatic rings. The molecule has 0 atom stereocenters. The summed E-state index contributed by atoms with van der Waals surface area (Å²) in [6, 6.07) is 18.9. The Morgan fingerprint density at radius 3 is 2.57 bits per heavy atom. The van der Waals surface area contributed by atoms with Crippen LogP contribution in [0.3, 0.4) is 0 Å². The third kappa shape index (κ3) is 3.27. The molecular weight excluding hydrogens is 288 g/mol. The summed E-state index contributed by atoms with van der Waals surface area (Å²) in [5, 5.41) is 11.5. The first-order valence-corrected chi connectivity index (χ1v) is 7.13. The van der Waals surface area contributed by atoms with Crippen molar-refractivity contribution in [3.8, 4) is 11.8 Å². The van der Waals surface area contributed by atoms with Gasteiger partial charge in [0.2, 0.25) is 0 Å². The van der Waals surface area contributed by atoms with Gasteiger partial charge in [0.25, 0.3) is 5.91 Å². The van der Waals surface area contributed by atoms with Gasteiger partial charge in [-0.1, -0.05) is 30.3 Å². The number of imidazole rings is 1. The smallest absolute Gasteiger partial charge is 0.274 e. The molecule has 5 nitrogen and oxygen atoms in total. The number of para-hydroxylation sites is 1. The quantitative estimate of drug-likeness (QED) is 0.804. The Morgan fingerprint density at radius 1 is 1.13 bits per heavy atom. The molecule has 2 aromatic carbocycles. The fourth-order valence-corrected chi connectivity index (χ4v) is 2.25. The number of anilines is 1. The highest BCUT2D eigenvalue weighted by molar-refractivity contribution is 6.03. The Hall–Kier alpha value is -3.39. The third-order valence-electron chi connectivity index (χ3n) is 3.40. The zero-order valence-corrected chi connectivity index (χ0v) is 12.3. The summed E-state index contributed by atoms with van der Waals surface area (Å²) in [6.07, 6.45) is 3.50. The molecule has 1 heterocycles. The van der Waals surface area contributed by atoms with E-state index in [-0.39, 0.29) is 5.91 Å². The Kier molecular flexibility index (Phi) is 4.16. The molecule has 0 radical (unpaired) electrons. The first-order chi connectivity index (χ1) is 11.3. The maximum absolute atomic E-state index is 12.5. The SMILES string of the molecule is N#CCc1ccc(NC(=O)c2cncn2-c2ccccc2)cc1. The van der Waals surface area contributed by atoms with Crippen LogP contribution in [-0.2, 0) is 6.42 Å². The molecular formula is C18H14N4O. The largest absolute Gasteiger partial charge is 0.321 e. The molecule has 1 N–H and O–H groups in total. The summed E-state index contributed by atoms with van der Waals surface area (Å²) in [4.78, 5) is 16.5. The zero-order valence-electron chi connectivity index (χ0n) is 12.3. The molecule has 3 rings (SSSR count). The number of nitrogens with zero attached hydrogens (tertiary/aromatic N) is 3. The van der Waals surface area contributed by atoms with E-state index < -0.39 is 0 Å². The van der Waals surface area contributed by atoms with Crippen LogP contribution in [0.15, 0.2) is 67.1 Å². The Bertz CT molecular complexity index is 845. The monoisotopic (exact) mass is 302 g/mol. The number of aromatic nitrogens is 2. The minimum absolute atomic E-state index is 0.237. The molecule has 1 amide bonds. The van der Waals surface area contributed by atoms with Gasteiger partial charge in [0.15, 0.2) is 0 Å². The van der Waals surface area contributed by atoms with Crippen LogP contribution in [0.4, 0.5) is 5.69 Å². The number of carbonyl (C=O) groups is 1. The second-order valence-electron chi connectivity index (χ2n) is 4.97. The van der Waals surface area contributed by atoms with Crippen molar-refractivity contribution in [2.24, 2.45) is 0 Å². The van der Waals surface area contributed by atoms with Crippen molar-refractivity contribution in [2.75, 3.05) is 5.32 Å². The van der Waals surface area contributed by atoms with Gasteiger partial charge >= 0.3 is 0 Å². The number of rotatable bonds is 4. The van der Waals surface area contributed by atoms with E-state index in [1.165, 1.54) is 6.20 Å². The maximum Gasteiger partial charge on any atom is 0.274 e. The second kappa shape index (κ2) is 6.58. The number of amides is 1. The van der Waals surface area contributed by atoms with Crippen molar-refractivity contribution < 1.29 is 4.79 Å². The lowest BCUT2D eigenvalue weighted by molar-refractivity contribution is 0.102. The lowest BCUT2D eigenvalue weighted by Crippen LogP contribution is -2.16. The van der Waals surface area contributed by atoms with Gasteiger partial charge in [-0.15, -0.1) is 0 Å². The van der Waals surface area contributed by atoms with E-state index in [2.05, 4.69) is 16.4 Å². The van der Waals surface area contributed by atoms with Gasteiger partial charge < -0.3 is 5.32 Å². The molecule has 5 heteroatoms. The number of carbonyl (C=O) groups excluding carboxylic acids is 1. The average Bonchev–Trinajstić information content (AvgIpc) is 3.07. The summed E-state index contributed by atoms with van der Waals surface area (Å²) < 4.78 is 1.74. The number of hydrogen-bond donors (Lipinski definition) is 1. The first-order valence-electron chi connectivity index (χ1n) is 7.13. The first kappa shape index (κ1) is 14.5. The molecule has 0 fully saturated rings. The Morgan fingerprint density at radius 2 is 1.87 bits per heavy atom. The van der Waals surface area contributed by atoms with Crippen molar-refractivity contribution in [3.63, 3.8) is 0 Å². The highest BCUT2D eigenvalue weighted by atomic mass is 16.2. The minimum Gasteiger partial charge on any atom is -0.321 e. The number of benzene rings is 2. The molecule has 0 bridgehead atoms. The second-order valence-corrected chi connectivity index (χ2v) is 4.97. The van der Waals surface area contributed by atoms with Crippen molar-refractivity contribution in [1.29, 1.82) is 5.26 Å². The van der Waals surface area contributed by atoms with E-state index in [0.717, 1.165) is 11.3 Å². The van der Waals surface area contributed by atoms with Crippen molar-refractivity contribution in [2.45, 2.75) is 6.42 Å². The average molecular weight is 302 g/mol. The molecule has 0 aliphatic rings. The Balaban J connectivity index is 1.79. The highest BCUT2D eigenvalue weighted by Gasteiger charge is 2.13. The van der Waals surface area contributed by atoms with Crippen LogP contribution >= 0.6 is 0 Å². The van der Waals surface area contributed by atoms with E-state index in [1.807, 2.05) is 42.5 Å². The van der Waals surface area contributed by atoms with Crippen LogP contribution in [0.1, 0.15) is 16.1 Å². The van der Waals surface area contributed by atoms with Gasteiger partial charge in [-0.3, -0.25) is 9.36 Å². The standard InChI is InChI=1S/C18H14N4O/c19-11-10-14-6-8-15(9-7-14)21-18(23)17-12-20-13-22(17)16-4-2-1-3-5-16/h1-9,12-13H,10H2,(H,21,23). The van der Waals surface area contributed by atoms with Crippen LogP contribution in [-0.4, -0.2) is 15.5 Å². The van der Waals surface area contributed by atoms with Gasteiger partial charge in [-0.05, 0) is 29.8 Å². The normalized spacial score (nSPS) is 10.0. The molecule has 0 saturated carbocycles. The Labute approximate surface area is 133 Å². The fraction of sp³-hybridized carbons (Fsp3) is 0.0556. The van der Waals surface area contributed by atoms with Gasteiger partial charge in [-0.2, -0.15) is 5.26 Å². The molecule has 23 heavy (non-hydrogen) atoms. The van der Waals surface area contributed by atoms with Gasteiger partial charge in [-0.25, -0.2) is 4.98 Å². The van der Waals surface area contributed by atoms with Gasteiger partial charge in [0.1, 0.15) is 5.69 Å². The predicted molar refractivity (Wildman–Crippen MR) is 87.3 cm³/mol. The van der Waals surface area contributed by atoms with Crippen molar-refractivity contribution in [3.05, 3.63) is 78.4 Å². The van der Waals surface area contributed by atoms with Crippen LogP contribution in [0.25, 0.3) is 5.69 Å². The molecule has 0 unspecified atom stereocenters. The van der Waals surface area contributed by atoms with E-state index in [9.17, 15) is 4.79 Å². The molecule has 0 saturated heterocycles. The van der Waals surface area contributed by atoms with E-state index in [1.54, 1.807) is 23.0 Å². The maximum atomic E-state index is 12.5. The van der Waals surface area contributed by atoms with Crippen LogP contribution in [0, 0.1) is 11.3 Å². The van der Waals surface area contributed by atoms with Crippen molar-refractivity contribution >= 4 is 11.6 Å². The summed E-state index contributed by atoms with van der Waals surface area (Å²) in [7, 11) is 0. The highest BCUT2D eigenvalue weighted by Crippen LogP contribution is 2.14. The summed E-state index contributed by atoms with van der Waals surface area (Å²) >= 11 is 0. The summed E-state index contributed by atoms with van der Waals surface area (Å²) in [5.41, 5.74) is 2.93. The molecule has 0 aliphatic carbocycles. The topological polar surface area (TPSA) is 70.7 Å². The summed E-state index contributed by atoms with van der Waals surface area (Å²) in [6.45, 7) is 0. The van der Waals surface area contributed by atoms with Gasteiger partial charge in [0.05, 0.1) is 25.0 Å². The van der Waals surface area contributed by atoms with Crippen molar-refractivity contribution in [1.82, 2.24) is 9.55 Å². The lowest BCUT2D eigenvalue weighted by atomic mass is 10.1. The van der Waals surface area contributed by atoms with Crippen LogP contribution < -0.4 is 5.32 Å². The molecule has 0 spiro atoms. The number of nitriles is 1. The minimum atomic E-state index is -0.237. The third-order valence-corrected chi connectivity index (χ3v) is 3.40. The zero-order chi connectivity index (χ0) is 16.1. The van der Waals surface area contributed by atoms with Gasteiger partial charge in [0, 0.05) is 11.4 Å².